The second-order valence-corrected chi connectivity index (χ2v) is 8.41. The summed E-state index contributed by atoms with van der Waals surface area (Å²) in [5.74, 6) is -0.193. The van der Waals surface area contributed by atoms with Gasteiger partial charge in [-0.2, -0.15) is 0 Å². The topological polar surface area (TPSA) is 54.5 Å². The van der Waals surface area contributed by atoms with E-state index in [1.165, 1.54) is 0 Å². The summed E-state index contributed by atoms with van der Waals surface area (Å²) in [5.41, 5.74) is 2.24. The van der Waals surface area contributed by atoms with Gasteiger partial charge in [-0.05, 0) is 35.4 Å². The van der Waals surface area contributed by atoms with Crippen molar-refractivity contribution < 1.29 is 13.2 Å². The Morgan fingerprint density at radius 3 is 1.93 bits per heavy atom. The average Bonchev–Trinajstić information content (AvgIpc) is 2.69. The van der Waals surface area contributed by atoms with Crippen molar-refractivity contribution in [3.63, 3.8) is 0 Å². The van der Waals surface area contributed by atoms with Crippen LogP contribution in [-0.4, -0.2) is 26.3 Å². The fourth-order valence-corrected chi connectivity index (χ4v) is 4.19. The van der Waals surface area contributed by atoms with Crippen molar-refractivity contribution in [1.82, 2.24) is 4.90 Å². The fraction of sp³-hybridized carbons (Fsp3) is 0.136. The molecule has 3 rings (SSSR count). The van der Waals surface area contributed by atoms with Crippen molar-refractivity contribution in [3.8, 4) is 0 Å². The lowest BCUT2D eigenvalue weighted by Crippen LogP contribution is -2.26. The first kappa shape index (κ1) is 18.9. The Bertz CT molecular complexity index is 998. The SMILES string of the molecule is CN(Cc1ccccc1)C(=O)c1ccc(CS(=O)(=O)c2ccccc2)cc1. The van der Waals surface area contributed by atoms with Crippen LogP contribution in [0.3, 0.4) is 0 Å². The summed E-state index contributed by atoms with van der Waals surface area (Å²) < 4.78 is 24.9. The molecule has 0 N–H and O–H groups in total. The van der Waals surface area contributed by atoms with Crippen LogP contribution in [0.5, 0.6) is 0 Å². The number of carbonyl (C=O) groups is 1. The third-order valence-electron chi connectivity index (χ3n) is 4.27. The summed E-state index contributed by atoms with van der Waals surface area (Å²) in [5, 5.41) is 0. The van der Waals surface area contributed by atoms with E-state index >= 15 is 0 Å². The smallest absolute Gasteiger partial charge is 0.253 e. The summed E-state index contributed by atoms with van der Waals surface area (Å²) in [6.07, 6.45) is 0. The zero-order chi connectivity index (χ0) is 19.3. The van der Waals surface area contributed by atoms with Crippen molar-refractivity contribution in [2.75, 3.05) is 7.05 Å². The lowest BCUT2D eigenvalue weighted by molar-refractivity contribution is 0.0785. The van der Waals surface area contributed by atoms with Crippen molar-refractivity contribution >= 4 is 15.7 Å². The predicted octanol–water partition coefficient (Wildman–Crippen LogP) is 3.93. The lowest BCUT2D eigenvalue weighted by Gasteiger charge is -2.17. The molecule has 0 aromatic heterocycles. The highest BCUT2D eigenvalue weighted by atomic mass is 32.2. The molecule has 27 heavy (non-hydrogen) atoms. The van der Waals surface area contributed by atoms with Gasteiger partial charge in [0, 0.05) is 19.2 Å². The van der Waals surface area contributed by atoms with Gasteiger partial charge in [-0.15, -0.1) is 0 Å². The van der Waals surface area contributed by atoms with Crippen molar-refractivity contribution in [2.45, 2.75) is 17.2 Å². The lowest BCUT2D eigenvalue weighted by atomic mass is 10.1. The minimum Gasteiger partial charge on any atom is -0.337 e. The molecule has 0 saturated heterocycles. The minimum absolute atomic E-state index is 0.0919. The molecule has 0 aliphatic heterocycles. The molecule has 0 heterocycles. The van der Waals surface area contributed by atoms with Crippen LogP contribution in [0.1, 0.15) is 21.5 Å². The van der Waals surface area contributed by atoms with Gasteiger partial charge >= 0.3 is 0 Å². The molecule has 5 heteroatoms. The quantitative estimate of drug-likeness (QED) is 0.652. The Balaban J connectivity index is 1.69. The van der Waals surface area contributed by atoms with E-state index in [4.69, 9.17) is 0 Å². The average molecular weight is 379 g/mol. The first-order valence-corrected chi connectivity index (χ1v) is 10.3. The van der Waals surface area contributed by atoms with Gasteiger partial charge in [0.2, 0.25) is 0 Å². The highest BCUT2D eigenvalue weighted by Crippen LogP contribution is 2.17. The molecule has 0 bridgehead atoms. The Kier molecular flexibility index (Phi) is 5.72. The van der Waals surface area contributed by atoms with Gasteiger partial charge in [0.15, 0.2) is 9.84 Å². The molecule has 3 aromatic carbocycles. The maximum atomic E-state index is 12.6. The van der Waals surface area contributed by atoms with E-state index in [1.54, 1.807) is 66.5 Å². The molecule has 1 amide bonds. The molecule has 4 nitrogen and oxygen atoms in total. The van der Waals surface area contributed by atoms with Gasteiger partial charge < -0.3 is 4.90 Å². The normalized spacial score (nSPS) is 11.1. The van der Waals surface area contributed by atoms with Crippen LogP contribution in [0.25, 0.3) is 0 Å². The van der Waals surface area contributed by atoms with E-state index in [0.717, 1.165) is 5.56 Å². The van der Waals surface area contributed by atoms with E-state index in [1.807, 2.05) is 30.3 Å². The predicted molar refractivity (Wildman–Crippen MR) is 106 cm³/mol. The third kappa shape index (κ3) is 4.83. The van der Waals surface area contributed by atoms with Crippen molar-refractivity contribution in [2.24, 2.45) is 0 Å². The number of nitrogens with zero attached hydrogens (tertiary/aromatic N) is 1. The van der Waals surface area contributed by atoms with Crippen LogP contribution in [0, 0.1) is 0 Å². The summed E-state index contributed by atoms with van der Waals surface area (Å²) in [6, 6.07) is 24.9. The van der Waals surface area contributed by atoms with E-state index in [9.17, 15) is 13.2 Å². The number of benzene rings is 3. The highest BCUT2D eigenvalue weighted by Gasteiger charge is 2.16. The fourth-order valence-electron chi connectivity index (χ4n) is 2.82. The molecule has 0 aliphatic rings. The van der Waals surface area contributed by atoms with E-state index in [-0.39, 0.29) is 11.7 Å². The molecule has 0 saturated carbocycles. The number of sulfone groups is 1. The Labute approximate surface area is 160 Å². The van der Waals surface area contributed by atoms with Crippen LogP contribution in [-0.2, 0) is 22.1 Å². The molecule has 3 aromatic rings. The summed E-state index contributed by atoms with van der Waals surface area (Å²) in [4.78, 5) is 14.5. The maximum Gasteiger partial charge on any atom is 0.253 e. The summed E-state index contributed by atoms with van der Waals surface area (Å²) in [6.45, 7) is 0.518. The number of amides is 1. The molecular formula is C22H21NO3S. The molecule has 0 aliphatic carbocycles. The van der Waals surface area contributed by atoms with Crippen LogP contribution >= 0.6 is 0 Å². The monoisotopic (exact) mass is 379 g/mol. The summed E-state index contributed by atoms with van der Waals surface area (Å²) >= 11 is 0. The van der Waals surface area contributed by atoms with Gasteiger partial charge in [-0.1, -0.05) is 60.7 Å². The van der Waals surface area contributed by atoms with Gasteiger partial charge in [0.1, 0.15) is 0 Å². The molecule has 0 fully saturated rings. The molecule has 138 valence electrons. The zero-order valence-corrected chi connectivity index (χ0v) is 15.9. The van der Waals surface area contributed by atoms with Crippen LogP contribution in [0.15, 0.2) is 89.8 Å². The van der Waals surface area contributed by atoms with Crippen LogP contribution in [0.4, 0.5) is 0 Å². The number of carbonyl (C=O) groups excluding carboxylic acids is 1. The van der Waals surface area contributed by atoms with E-state index < -0.39 is 9.84 Å². The Morgan fingerprint density at radius 1 is 0.778 bits per heavy atom. The highest BCUT2D eigenvalue weighted by molar-refractivity contribution is 7.90. The zero-order valence-electron chi connectivity index (χ0n) is 15.1. The molecule has 0 radical (unpaired) electrons. The Hall–Kier alpha value is -2.92. The number of hydrogen-bond acceptors (Lipinski definition) is 3. The largest absolute Gasteiger partial charge is 0.337 e. The third-order valence-corrected chi connectivity index (χ3v) is 5.97. The maximum absolute atomic E-state index is 12.6. The molecular weight excluding hydrogens is 358 g/mol. The van der Waals surface area contributed by atoms with E-state index in [2.05, 4.69) is 0 Å². The summed E-state index contributed by atoms with van der Waals surface area (Å²) in [7, 11) is -1.65. The molecule has 0 unspecified atom stereocenters. The van der Waals surface area contributed by atoms with Gasteiger partial charge in [0.25, 0.3) is 5.91 Å². The Morgan fingerprint density at radius 2 is 1.33 bits per heavy atom. The second-order valence-electron chi connectivity index (χ2n) is 6.42. The van der Waals surface area contributed by atoms with Gasteiger partial charge in [0.05, 0.1) is 10.6 Å². The van der Waals surface area contributed by atoms with Gasteiger partial charge in [-0.3, -0.25) is 4.79 Å². The van der Waals surface area contributed by atoms with Crippen LogP contribution < -0.4 is 0 Å². The van der Waals surface area contributed by atoms with E-state index in [0.29, 0.717) is 22.6 Å². The van der Waals surface area contributed by atoms with Crippen molar-refractivity contribution in [1.29, 1.82) is 0 Å². The first-order chi connectivity index (χ1) is 13.0. The minimum atomic E-state index is -3.40. The van der Waals surface area contributed by atoms with Crippen molar-refractivity contribution in [3.05, 3.63) is 102 Å². The number of rotatable bonds is 6. The van der Waals surface area contributed by atoms with Gasteiger partial charge in [-0.25, -0.2) is 8.42 Å². The first-order valence-electron chi connectivity index (χ1n) is 8.62. The standard InChI is InChI=1S/C22H21NO3S/c1-23(16-18-8-4-2-5-9-18)22(24)20-14-12-19(13-15-20)17-27(25,26)21-10-6-3-7-11-21/h2-15H,16-17H2,1H3. The molecule has 0 spiro atoms. The van der Waals surface area contributed by atoms with Crippen LogP contribution in [0.2, 0.25) is 0 Å². The molecule has 0 atom stereocenters. The number of hydrogen-bond donors (Lipinski definition) is 0. The second kappa shape index (κ2) is 8.18.